The number of ether oxygens (including phenoxy) is 1. The van der Waals surface area contributed by atoms with Crippen LogP contribution >= 0.6 is 0 Å². The molecule has 4 aliphatic rings. The van der Waals surface area contributed by atoms with Gasteiger partial charge in [-0.15, -0.1) is 0 Å². The quantitative estimate of drug-likeness (QED) is 0.169. The minimum atomic E-state index is -2.80. The number of anilines is 4. The largest absolute Gasteiger partial charge is 0.495 e. The van der Waals surface area contributed by atoms with Crippen LogP contribution in [0.4, 0.5) is 41.0 Å². The molecule has 0 radical (unpaired) electrons. The minimum Gasteiger partial charge on any atom is -0.495 e. The van der Waals surface area contributed by atoms with Crippen molar-refractivity contribution in [1.82, 2.24) is 39.3 Å². The molecule has 0 unspecified atom stereocenters. The Labute approximate surface area is 357 Å². The molecule has 3 saturated heterocycles. The fraction of sp³-hybridized carbons (Fsp3) is 0.455. The number of likely N-dealkylation sites (tertiary alicyclic amines) is 1. The van der Waals surface area contributed by atoms with Gasteiger partial charge >= 0.3 is 6.03 Å². The third-order valence-corrected chi connectivity index (χ3v) is 13.0. The molecule has 0 aliphatic carbocycles. The van der Waals surface area contributed by atoms with E-state index in [2.05, 4.69) is 29.8 Å². The van der Waals surface area contributed by atoms with Crippen LogP contribution in [0, 0.1) is 11.7 Å². The summed E-state index contributed by atoms with van der Waals surface area (Å²) in [5, 5.41) is 7.45. The van der Waals surface area contributed by atoms with E-state index in [-0.39, 0.29) is 47.6 Å². The molecule has 4 aliphatic heterocycles. The average molecular weight is 854 g/mol. The fourth-order valence-corrected chi connectivity index (χ4v) is 9.56. The van der Waals surface area contributed by atoms with E-state index < -0.39 is 18.3 Å². The fourth-order valence-electron chi connectivity index (χ4n) is 9.56. The molecule has 4 amide bonds. The number of piperidine rings is 2. The highest BCUT2D eigenvalue weighted by Crippen LogP contribution is 2.41. The number of imide groups is 1. The molecule has 0 atom stereocenters. The molecule has 9 rings (SSSR count). The molecule has 62 heavy (non-hydrogen) atoms. The second kappa shape index (κ2) is 16.9. The molecule has 3 fully saturated rings. The summed E-state index contributed by atoms with van der Waals surface area (Å²) in [6, 6.07) is 7.72. The topological polar surface area (TPSA) is 137 Å². The predicted molar refractivity (Wildman–Crippen MR) is 227 cm³/mol. The molecular weight excluding hydrogens is 804 g/mol. The Hall–Kier alpha value is -6.17. The zero-order valence-electron chi connectivity index (χ0n) is 35.1. The van der Waals surface area contributed by atoms with E-state index in [9.17, 15) is 23.2 Å². The third-order valence-electron chi connectivity index (χ3n) is 13.0. The molecule has 1 aromatic carbocycles. The number of rotatable bonds is 10. The Balaban J connectivity index is 0.882. The van der Waals surface area contributed by atoms with E-state index in [1.165, 1.54) is 24.3 Å². The number of amides is 4. The average Bonchev–Trinajstić information content (AvgIpc) is 3.91. The maximum atomic E-state index is 15.8. The standard InChI is InChI=1S/C44H50F3N11O4/c1-27(59)55-18-11-34-33(25-55)43(52(2)38-22-31(42(46)47)32(23-49-38)30-21-39-48-13-20-56(39)26-37(30)62-3)51-58(34)29-9-14-53(15-10-29)24-28-7-16-54(17-8-28)35-5-4-6-36(41(35)45)57-19-12-40(60)50-44(57)61/h4-6,13,20-23,26,28-29,42H,7-12,14-19,24-25H2,1-3H3,(H,50,60,61). The number of imidazole rings is 1. The highest BCUT2D eigenvalue weighted by molar-refractivity contribution is 6.05. The zero-order chi connectivity index (χ0) is 43.2. The molecule has 326 valence electrons. The van der Waals surface area contributed by atoms with Crippen molar-refractivity contribution >= 4 is 46.5 Å². The summed E-state index contributed by atoms with van der Waals surface area (Å²) in [6.45, 7) is 6.75. The number of urea groups is 1. The predicted octanol–water partition coefficient (Wildman–Crippen LogP) is 6.35. The Bertz CT molecular complexity index is 2510. The van der Waals surface area contributed by atoms with Crippen LogP contribution in [0.5, 0.6) is 5.75 Å². The zero-order valence-corrected chi connectivity index (χ0v) is 35.1. The van der Waals surface area contributed by atoms with E-state index in [1.807, 2.05) is 0 Å². The smallest absolute Gasteiger partial charge is 0.328 e. The summed E-state index contributed by atoms with van der Waals surface area (Å²) in [4.78, 5) is 55.1. The maximum absolute atomic E-state index is 15.8. The van der Waals surface area contributed by atoms with E-state index >= 15 is 4.39 Å². The summed E-state index contributed by atoms with van der Waals surface area (Å²) >= 11 is 0. The van der Waals surface area contributed by atoms with Crippen LogP contribution in [0.15, 0.2) is 55.1 Å². The molecule has 1 N–H and O–H groups in total. The van der Waals surface area contributed by atoms with Crippen LogP contribution in [0.3, 0.4) is 0 Å². The first-order valence-corrected chi connectivity index (χ1v) is 21.2. The van der Waals surface area contributed by atoms with Crippen LogP contribution < -0.4 is 24.8 Å². The number of aromatic nitrogens is 5. The van der Waals surface area contributed by atoms with Gasteiger partial charge in [0.15, 0.2) is 11.6 Å². The molecule has 0 saturated carbocycles. The van der Waals surface area contributed by atoms with Gasteiger partial charge in [0.1, 0.15) is 17.2 Å². The van der Waals surface area contributed by atoms with Gasteiger partial charge in [-0.25, -0.2) is 27.9 Å². The van der Waals surface area contributed by atoms with E-state index in [0.29, 0.717) is 72.8 Å². The number of halogens is 3. The first kappa shape index (κ1) is 41.2. The van der Waals surface area contributed by atoms with Gasteiger partial charge in [0, 0.05) is 119 Å². The van der Waals surface area contributed by atoms with E-state index in [0.717, 1.165) is 56.6 Å². The third kappa shape index (κ3) is 7.80. The number of carbonyl (C=O) groups is 3. The van der Waals surface area contributed by atoms with Gasteiger partial charge in [0.2, 0.25) is 11.8 Å². The Morgan fingerprint density at radius 2 is 1.76 bits per heavy atom. The van der Waals surface area contributed by atoms with Crippen molar-refractivity contribution in [2.24, 2.45) is 5.92 Å². The lowest BCUT2D eigenvalue weighted by Crippen LogP contribution is -2.50. The molecule has 5 aromatic rings. The second-order valence-electron chi connectivity index (χ2n) is 16.6. The number of hydrogen-bond acceptors (Lipinski definition) is 10. The van der Waals surface area contributed by atoms with Crippen LogP contribution in [-0.4, -0.2) is 112 Å². The number of methoxy groups -OCH3 is 1. The second-order valence-corrected chi connectivity index (χ2v) is 16.6. The van der Waals surface area contributed by atoms with Crippen molar-refractivity contribution in [1.29, 1.82) is 0 Å². The van der Waals surface area contributed by atoms with Crippen molar-refractivity contribution < 1.29 is 32.3 Å². The lowest BCUT2D eigenvalue weighted by atomic mass is 9.94. The van der Waals surface area contributed by atoms with Gasteiger partial charge in [-0.2, -0.15) is 5.10 Å². The first-order valence-electron chi connectivity index (χ1n) is 21.2. The molecular formula is C44H50F3N11O4. The van der Waals surface area contributed by atoms with Crippen molar-refractivity contribution in [2.75, 3.05) is 74.7 Å². The Morgan fingerprint density at radius 3 is 2.48 bits per heavy atom. The van der Waals surface area contributed by atoms with Crippen LogP contribution in [0.1, 0.15) is 68.3 Å². The molecule has 8 heterocycles. The summed E-state index contributed by atoms with van der Waals surface area (Å²) < 4.78 is 55.0. The number of nitrogens with zero attached hydrogens (tertiary/aromatic N) is 10. The number of benzene rings is 1. The van der Waals surface area contributed by atoms with Crippen molar-refractivity contribution in [2.45, 2.75) is 64.5 Å². The SMILES string of the molecule is COc1cn2ccnc2cc1-c1cnc(N(C)c2nn(C3CCN(CC4CCN(c5cccc(N6CCC(=O)NC6=O)c5F)CC4)CC3)c3c2CN(C(C)=O)CC3)cc1C(F)F. The van der Waals surface area contributed by atoms with E-state index in [1.54, 1.807) is 71.0 Å². The Kier molecular flexibility index (Phi) is 11.3. The van der Waals surface area contributed by atoms with Crippen molar-refractivity contribution in [3.63, 3.8) is 0 Å². The summed E-state index contributed by atoms with van der Waals surface area (Å²) in [5.74, 6) is 0.919. The normalized spacial score (nSPS) is 18.1. The summed E-state index contributed by atoms with van der Waals surface area (Å²) in [7, 11) is 3.28. The lowest BCUT2D eigenvalue weighted by Gasteiger charge is -2.39. The van der Waals surface area contributed by atoms with Crippen LogP contribution in [0.2, 0.25) is 0 Å². The van der Waals surface area contributed by atoms with Crippen LogP contribution in [-0.2, 0) is 22.6 Å². The van der Waals surface area contributed by atoms with E-state index in [4.69, 9.17) is 9.84 Å². The number of pyridine rings is 2. The highest BCUT2D eigenvalue weighted by Gasteiger charge is 2.34. The number of carbonyl (C=O) groups excluding carboxylic acids is 3. The summed E-state index contributed by atoms with van der Waals surface area (Å²) in [5.41, 5.74) is 3.71. The van der Waals surface area contributed by atoms with Crippen molar-refractivity contribution in [3.8, 4) is 16.9 Å². The van der Waals surface area contributed by atoms with Gasteiger partial charge in [-0.05, 0) is 55.9 Å². The summed E-state index contributed by atoms with van der Waals surface area (Å²) in [6.07, 6.45) is 8.09. The maximum Gasteiger partial charge on any atom is 0.328 e. The van der Waals surface area contributed by atoms with Gasteiger partial charge in [0.25, 0.3) is 6.43 Å². The first-order chi connectivity index (χ1) is 30.0. The molecule has 0 spiro atoms. The number of fused-ring (bicyclic) bond motifs is 2. The van der Waals surface area contributed by atoms with Crippen LogP contribution in [0.25, 0.3) is 16.8 Å². The number of nitrogens with one attached hydrogen (secondary N) is 1. The molecule has 4 aromatic heterocycles. The van der Waals surface area contributed by atoms with Crippen molar-refractivity contribution in [3.05, 3.63) is 77.8 Å². The van der Waals surface area contributed by atoms with Gasteiger partial charge in [0.05, 0.1) is 37.3 Å². The monoisotopic (exact) mass is 853 g/mol. The lowest BCUT2D eigenvalue weighted by molar-refractivity contribution is -0.129. The highest BCUT2D eigenvalue weighted by atomic mass is 19.3. The molecule has 15 nitrogen and oxygen atoms in total. The molecule has 18 heteroatoms. The Morgan fingerprint density at radius 1 is 0.984 bits per heavy atom. The molecule has 0 bridgehead atoms. The van der Waals surface area contributed by atoms with Gasteiger partial charge in [-0.3, -0.25) is 24.5 Å². The van der Waals surface area contributed by atoms with Gasteiger partial charge in [-0.1, -0.05) is 6.07 Å². The number of hydrogen-bond donors (Lipinski definition) is 1. The van der Waals surface area contributed by atoms with Gasteiger partial charge < -0.3 is 28.7 Å². The number of alkyl halides is 2. The minimum absolute atomic E-state index is 0.0362.